The lowest BCUT2D eigenvalue weighted by atomic mass is 9.43. The zero-order valence-electron chi connectivity index (χ0n) is 30.7. The molecule has 11 heteroatoms. The van der Waals surface area contributed by atoms with Crippen LogP contribution in [0.15, 0.2) is 34.2 Å². The molecular formula is C38H52O11. The van der Waals surface area contributed by atoms with E-state index >= 15 is 0 Å². The maximum Gasteiger partial charge on any atom is 0.309 e. The topological polar surface area (TPSA) is 148 Å². The average Bonchev–Trinajstić information content (AvgIpc) is 3.35. The summed E-state index contributed by atoms with van der Waals surface area (Å²) >= 11 is 0. The summed E-state index contributed by atoms with van der Waals surface area (Å²) in [6.45, 7) is 17.7. The van der Waals surface area contributed by atoms with E-state index in [9.17, 15) is 24.0 Å². The van der Waals surface area contributed by atoms with Crippen LogP contribution in [0, 0.1) is 34.0 Å². The zero-order valence-corrected chi connectivity index (χ0v) is 30.7. The first-order valence-electron chi connectivity index (χ1n) is 17.4. The summed E-state index contributed by atoms with van der Waals surface area (Å²) in [4.78, 5) is 67.0. The molecule has 270 valence electrons. The van der Waals surface area contributed by atoms with Gasteiger partial charge in [-0.15, -0.1) is 0 Å². The predicted octanol–water partition coefficient (Wildman–Crippen LogP) is 5.88. The molecular weight excluding hydrogens is 632 g/mol. The number of carbonyl (C=O) groups is 5. The van der Waals surface area contributed by atoms with Crippen molar-refractivity contribution in [3.63, 3.8) is 0 Å². The van der Waals surface area contributed by atoms with E-state index in [1.54, 1.807) is 33.3 Å². The number of carbonyl (C=O) groups excluding carboxylic acids is 5. The molecule has 4 aliphatic rings. The standard InChI is InChI=1S/C38H52O11/c1-12-20(4)34(43)48-33-32(47-22(6)40)31(30(19(2)3)38-28(49-38)15-24(37(33,38)10)23-13-14-45-18-23)36(9)25(16-29(42)44-11)35(7,8)26(41)17-27(36)46-21(5)39/h13-14,18,20,24-25,27-28,31-33H,12,15-17H2,1-11H3/t20?,24-,25-,27+,28+,31+,32+,33-,36+,37+,38-/m0/s1. The predicted molar refractivity (Wildman–Crippen MR) is 176 cm³/mol. The van der Waals surface area contributed by atoms with Gasteiger partial charge in [0.25, 0.3) is 0 Å². The summed E-state index contributed by atoms with van der Waals surface area (Å²) in [7, 11) is 1.29. The lowest BCUT2D eigenvalue weighted by Gasteiger charge is -2.62. The second kappa shape index (κ2) is 12.7. The second-order valence-corrected chi connectivity index (χ2v) is 15.7. The van der Waals surface area contributed by atoms with Crippen LogP contribution >= 0.6 is 0 Å². The quantitative estimate of drug-likeness (QED) is 0.133. The van der Waals surface area contributed by atoms with Gasteiger partial charge in [-0.05, 0) is 49.8 Å². The van der Waals surface area contributed by atoms with E-state index in [1.165, 1.54) is 21.0 Å². The molecule has 1 unspecified atom stereocenters. The van der Waals surface area contributed by atoms with Gasteiger partial charge in [-0.1, -0.05) is 47.1 Å². The molecule has 0 bridgehead atoms. The van der Waals surface area contributed by atoms with Gasteiger partial charge in [-0.3, -0.25) is 24.0 Å². The molecule has 3 aliphatic carbocycles. The van der Waals surface area contributed by atoms with Crippen molar-refractivity contribution in [3.8, 4) is 0 Å². The largest absolute Gasteiger partial charge is 0.472 e. The number of hydrogen-bond acceptors (Lipinski definition) is 11. The fourth-order valence-corrected chi connectivity index (χ4v) is 10.0. The van der Waals surface area contributed by atoms with Gasteiger partial charge in [0, 0.05) is 49.4 Å². The highest BCUT2D eigenvalue weighted by Gasteiger charge is 2.85. The van der Waals surface area contributed by atoms with Gasteiger partial charge in [0.1, 0.15) is 29.7 Å². The fourth-order valence-electron chi connectivity index (χ4n) is 10.0. The first-order valence-corrected chi connectivity index (χ1v) is 17.4. The lowest BCUT2D eigenvalue weighted by Crippen LogP contribution is -2.70. The number of esters is 4. The number of hydrogen-bond donors (Lipinski definition) is 0. The van der Waals surface area contributed by atoms with Gasteiger partial charge < -0.3 is 28.1 Å². The number of allylic oxidation sites excluding steroid dienone is 1. The van der Waals surface area contributed by atoms with Crippen molar-refractivity contribution in [2.24, 2.45) is 34.0 Å². The average molecular weight is 685 g/mol. The summed E-state index contributed by atoms with van der Waals surface area (Å²) in [6, 6.07) is 1.90. The Morgan fingerprint density at radius 1 is 1.00 bits per heavy atom. The summed E-state index contributed by atoms with van der Waals surface area (Å²) in [5.74, 6) is -4.58. The number of rotatable bonds is 9. The second-order valence-electron chi connectivity index (χ2n) is 15.7. The molecule has 2 heterocycles. The minimum absolute atomic E-state index is 0.121. The van der Waals surface area contributed by atoms with Gasteiger partial charge in [0.2, 0.25) is 0 Å². The van der Waals surface area contributed by atoms with Gasteiger partial charge in [0.05, 0.1) is 37.1 Å². The Hall–Kier alpha value is -3.47. The van der Waals surface area contributed by atoms with E-state index in [-0.39, 0.29) is 30.6 Å². The molecule has 1 aromatic heterocycles. The smallest absolute Gasteiger partial charge is 0.309 e. The molecule has 0 aromatic carbocycles. The number of furan rings is 1. The highest BCUT2D eigenvalue weighted by molar-refractivity contribution is 5.87. The zero-order chi connectivity index (χ0) is 36.4. The van der Waals surface area contributed by atoms with Gasteiger partial charge >= 0.3 is 23.9 Å². The molecule has 3 saturated carbocycles. The molecule has 0 radical (unpaired) electrons. The Kier molecular flexibility index (Phi) is 9.53. The lowest BCUT2D eigenvalue weighted by molar-refractivity contribution is -0.229. The molecule has 49 heavy (non-hydrogen) atoms. The van der Waals surface area contributed by atoms with Crippen LogP contribution in [0.4, 0.5) is 0 Å². The van der Waals surface area contributed by atoms with Crippen LogP contribution in [0.1, 0.15) is 106 Å². The van der Waals surface area contributed by atoms with Gasteiger partial charge in [-0.25, -0.2) is 0 Å². The van der Waals surface area contributed by atoms with Crippen molar-refractivity contribution >= 4 is 29.7 Å². The molecule has 11 nitrogen and oxygen atoms in total. The minimum Gasteiger partial charge on any atom is -0.472 e. The molecule has 1 spiro atoms. The van der Waals surface area contributed by atoms with Crippen molar-refractivity contribution in [2.45, 2.75) is 131 Å². The first kappa shape index (κ1) is 36.8. The molecule has 1 aromatic rings. The Labute approximate surface area is 288 Å². The van der Waals surface area contributed by atoms with Crippen LogP contribution in [0.2, 0.25) is 0 Å². The third-order valence-corrected chi connectivity index (χ3v) is 12.7. The number of ether oxygens (including phenoxy) is 5. The van der Waals surface area contributed by atoms with Crippen molar-refractivity contribution in [3.05, 3.63) is 35.3 Å². The summed E-state index contributed by atoms with van der Waals surface area (Å²) in [6.07, 6.45) is 0.673. The Balaban J connectivity index is 1.86. The number of Topliss-reactive ketones (excluding diaryl/α,β-unsaturated/α-hetero) is 1. The molecule has 4 fully saturated rings. The molecule has 11 atom stereocenters. The van der Waals surface area contributed by atoms with E-state index in [0.29, 0.717) is 12.8 Å². The van der Waals surface area contributed by atoms with Crippen LogP contribution in [0.25, 0.3) is 0 Å². The Bertz CT molecular complexity index is 1540. The molecule has 0 N–H and O–H groups in total. The summed E-state index contributed by atoms with van der Waals surface area (Å²) in [5.41, 5.74) is -1.59. The van der Waals surface area contributed by atoms with Crippen molar-refractivity contribution in [1.82, 2.24) is 0 Å². The van der Waals surface area contributed by atoms with Crippen LogP contribution in [-0.2, 0) is 47.7 Å². The molecule has 0 amide bonds. The van der Waals surface area contributed by atoms with Crippen molar-refractivity contribution < 1.29 is 52.1 Å². The SMILES string of the molecule is CCC(C)C(=O)O[C@H]1[C@H](OC(C)=O)[C@H]([C@@]2(C)[C@H](OC(C)=O)CC(=O)C(C)(C)[C@@H]2CC(=O)OC)C(=C(C)C)[C@@]23O[C@@H]2C[C@@H](c2ccoc2)[C@]13C. The van der Waals surface area contributed by atoms with E-state index in [4.69, 9.17) is 28.1 Å². The van der Waals surface area contributed by atoms with Crippen LogP contribution in [0.3, 0.4) is 0 Å². The van der Waals surface area contributed by atoms with Crippen molar-refractivity contribution in [1.29, 1.82) is 0 Å². The van der Waals surface area contributed by atoms with E-state index in [0.717, 1.165) is 16.7 Å². The maximum atomic E-state index is 13.9. The van der Waals surface area contributed by atoms with E-state index in [1.807, 2.05) is 40.7 Å². The van der Waals surface area contributed by atoms with Crippen LogP contribution in [-0.4, -0.2) is 66.8 Å². The number of ketones is 1. The molecule has 5 rings (SSSR count). The third kappa shape index (κ3) is 5.45. The van der Waals surface area contributed by atoms with Crippen LogP contribution in [0.5, 0.6) is 0 Å². The normalized spacial score (nSPS) is 38.1. The minimum atomic E-state index is -1.23. The molecule has 1 saturated heterocycles. The number of epoxide rings is 1. The first-order chi connectivity index (χ1) is 22.8. The Morgan fingerprint density at radius 3 is 2.18 bits per heavy atom. The summed E-state index contributed by atoms with van der Waals surface area (Å²) in [5, 5.41) is 0. The highest BCUT2D eigenvalue weighted by atomic mass is 16.6. The van der Waals surface area contributed by atoms with Gasteiger partial charge in [-0.2, -0.15) is 0 Å². The molecule has 1 aliphatic heterocycles. The fraction of sp³-hybridized carbons (Fsp3) is 0.711. The van der Waals surface area contributed by atoms with Crippen molar-refractivity contribution in [2.75, 3.05) is 7.11 Å². The van der Waals surface area contributed by atoms with E-state index < -0.39 is 81.8 Å². The highest BCUT2D eigenvalue weighted by Crippen LogP contribution is 2.77. The number of methoxy groups -OCH3 is 1. The monoisotopic (exact) mass is 684 g/mol. The van der Waals surface area contributed by atoms with Crippen LogP contribution < -0.4 is 0 Å². The van der Waals surface area contributed by atoms with Gasteiger partial charge in [0.15, 0.2) is 0 Å². The maximum absolute atomic E-state index is 13.9. The summed E-state index contributed by atoms with van der Waals surface area (Å²) < 4.78 is 36.6. The third-order valence-electron chi connectivity index (χ3n) is 12.7. The van der Waals surface area contributed by atoms with E-state index in [2.05, 4.69) is 0 Å². The Morgan fingerprint density at radius 2 is 1.65 bits per heavy atom.